The van der Waals surface area contributed by atoms with Crippen molar-refractivity contribution in [3.8, 4) is 0 Å². The zero-order valence-corrected chi connectivity index (χ0v) is 13.9. The largest absolute Gasteiger partial charge is 0.451 e. The maximum atomic E-state index is 11.9. The Morgan fingerprint density at radius 3 is 2.59 bits per heavy atom. The summed E-state index contributed by atoms with van der Waals surface area (Å²) in [5.41, 5.74) is 5.26. The van der Waals surface area contributed by atoms with Crippen molar-refractivity contribution in [1.82, 2.24) is 10.3 Å². The number of anilines is 1. The standard InChI is InChI=1S/C13H14Cl3N3O3/c1-5(6-2-3-6)18-7(20)4-22-13(21)11-8(14)10(17)9(15)12(16)19-11/h5-6H,2-4H2,1H3,(H2,17,19)(H,18,20)/t5-/m0/s1. The number of carbonyl (C=O) groups is 2. The van der Waals surface area contributed by atoms with Crippen molar-refractivity contribution >= 4 is 52.4 Å². The molecule has 1 amide bonds. The van der Waals surface area contributed by atoms with E-state index >= 15 is 0 Å². The number of carbonyl (C=O) groups excluding carboxylic acids is 2. The number of aromatic nitrogens is 1. The van der Waals surface area contributed by atoms with Crippen molar-refractivity contribution in [3.63, 3.8) is 0 Å². The third-order valence-corrected chi connectivity index (χ3v) is 4.45. The third kappa shape index (κ3) is 3.94. The second-order valence-corrected chi connectivity index (χ2v) is 6.18. The van der Waals surface area contributed by atoms with Crippen molar-refractivity contribution in [3.05, 3.63) is 20.9 Å². The molecule has 0 aromatic carbocycles. The lowest BCUT2D eigenvalue weighted by Gasteiger charge is -2.13. The van der Waals surface area contributed by atoms with E-state index in [0.717, 1.165) is 12.8 Å². The lowest BCUT2D eigenvalue weighted by Crippen LogP contribution is -2.37. The molecule has 0 aliphatic heterocycles. The molecule has 1 aromatic rings. The number of hydrogen-bond acceptors (Lipinski definition) is 5. The first-order valence-corrected chi connectivity index (χ1v) is 7.71. The highest BCUT2D eigenvalue weighted by molar-refractivity contribution is 6.46. The van der Waals surface area contributed by atoms with E-state index in [1.807, 2.05) is 6.92 Å². The van der Waals surface area contributed by atoms with E-state index in [4.69, 9.17) is 45.3 Å². The van der Waals surface area contributed by atoms with Crippen LogP contribution in [0, 0.1) is 5.92 Å². The third-order valence-electron chi connectivity index (χ3n) is 3.32. The molecule has 6 nitrogen and oxygen atoms in total. The number of ether oxygens (including phenoxy) is 1. The number of esters is 1. The first-order chi connectivity index (χ1) is 10.3. The van der Waals surface area contributed by atoms with E-state index in [1.165, 1.54) is 0 Å². The van der Waals surface area contributed by atoms with Crippen LogP contribution in [0.15, 0.2) is 0 Å². The maximum Gasteiger partial charge on any atom is 0.359 e. The molecule has 1 aliphatic carbocycles. The highest BCUT2D eigenvalue weighted by atomic mass is 35.5. The molecule has 120 valence electrons. The van der Waals surface area contributed by atoms with Gasteiger partial charge in [0.05, 0.1) is 10.7 Å². The molecule has 1 atom stereocenters. The summed E-state index contributed by atoms with van der Waals surface area (Å²) in [7, 11) is 0. The molecule has 1 aromatic heterocycles. The molecule has 22 heavy (non-hydrogen) atoms. The summed E-state index contributed by atoms with van der Waals surface area (Å²) >= 11 is 17.4. The number of amides is 1. The zero-order chi connectivity index (χ0) is 16.4. The molecule has 0 bridgehead atoms. The summed E-state index contributed by atoms with van der Waals surface area (Å²) in [6.07, 6.45) is 2.20. The lowest BCUT2D eigenvalue weighted by molar-refractivity contribution is -0.125. The number of rotatable bonds is 5. The number of hydrogen-bond donors (Lipinski definition) is 2. The Balaban J connectivity index is 1.96. The molecule has 1 aliphatic rings. The maximum absolute atomic E-state index is 11.9. The predicted octanol–water partition coefficient (Wildman–Crippen LogP) is 2.70. The number of nitrogen functional groups attached to an aromatic ring is 1. The van der Waals surface area contributed by atoms with E-state index in [2.05, 4.69) is 10.3 Å². The first-order valence-electron chi connectivity index (χ1n) is 6.57. The molecule has 0 spiro atoms. The first kappa shape index (κ1) is 17.1. The summed E-state index contributed by atoms with van der Waals surface area (Å²) in [6, 6.07) is 0.0635. The van der Waals surface area contributed by atoms with Gasteiger partial charge in [-0.05, 0) is 25.7 Å². The molecule has 3 N–H and O–H groups in total. The van der Waals surface area contributed by atoms with E-state index in [9.17, 15) is 9.59 Å². The average Bonchev–Trinajstić information content (AvgIpc) is 3.31. The van der Waals surface area contributed by atoms with Gasteiger partial charge in [0.1, 0.15) is 5.02 Å². The van der Waals surface area contributed by atoms with Crippen molar-refractivity contribution in [2.45, 2.75) is 25.8 Å². The van der Waals surface area contributed by atoms with Gasteiger partial charge in [-0.3, -0.25) is 4.79 Å². The fraction of sp³-hybridized carbons (Fsp3) is 0.462. The summed E-state index contributed by atoms with van der Waals surface area (Å²) in [6.45, 7) is 1.48. The van der Waals surface area contributed by atoms with Crippen LogP contribution in [0.2, 0.25) is 15.2 Å². The Morgan fingerprint density at radius 1 is 1.36 bits per heavy atom. The Bertz CT molecular complexity index is 620. The van der Waals surface area contributed by atoms with E-state index in [0.29, 0.717) is 5.92 Å². The van der Waals surface area contributed by atoms with E-state index in [1.54, 1.807) is 0 Å². The van der Waals surface area contributed by atoms with Gasteiger partial charge in [0.2, 0.25) is 0 Å². The molecule has 1 fully saturated rings. The quantitative estimate of drug-likeness (QED) is 0.617. The van der Waals surface area contributed by atoms with Gasteiger partial charge in [-0.1, -0.05) is 34.8 Å². The van der Waals surface area contributed by atoms with Gasteiger partial charge >= 0.3 is 5.97 Å². The van der Waals surface area contributed by atoms with Gasteiger partial charge in [0.25, 0.3) is 5.91 Å². The Labute approximate surface area is 142 Å². The van der Waals surface area contributed by atoms with Crippen LogP contribution >= 0.6 is 34.8 Å². The van der Waals surface area contributed by atoms with Crippen molar-refractivity contribution in [1.29, 1.82) is 0 Å². The van der Waals surface area contributed by atoms with Gasteiger partial charge < -0.3 is 15.8 Å². The zero-order valence-electron chi connectivity index (χ0n) is 11.7. The minimum absolute atomic E-state index is 0.0424. The van der Waals surface area contributed by atoms with Crippen molar-refractivity contribution < 1.29 is 14.3 Å². The van der Waals surface area contributed by atoms with Crippen molar-refractivity contribution in [2.75, 3.05) is 12.3 Å². The van der Waals surface area contributed by atoms with Crippen LogP contribution in [0.1, 0.15) is 30.3 Å². The Kier molecular flexibility index (Phi) is 5.36. The molecular weight excluding hydrogens is 353 g/mol. The fourth-order valence-electron chi connectivity index (χ4n) is 1.88. The average molecular weight is 367 g/mol. The summed E-state index contributed by atoms with van der Waals surface area (Å²) in [4.78, 5) is 27.3. The molecule has 0 saturated heterocycles. The molecule has 2 rings (SSSR count). The van der Waals surface area contributed by atoms with Gasteiger partial charge in [0.15, 0.2) is 17.5 Å². The molecular formula is C13H14Cl3N3O3. The highest BCUT2D eigenvalue weighted by Gasteiger charge is 2.29. The Hall–Kier alpha value is -1.24. The van der Waals surface area contributed by atoms with E-state index < -0.39 is 18.5 Å². The van der Waals surface area contributed by atoms with Crippen LogP contribution in [0.3, 0.4) is 0 Å². The minimum Gasteiger partial charge on any atom is -0.451 e. The minimum atomic E-state index is -0.899. The van der Waals surface area contributed by atoms with Gasteiger partial charge in [-0.15, -0.1) is 0 Å². The summed E-state index contributed by atoms with van der Waals surface area (Å²) in [5.74, 6) is -0.785. The van der Waals surface area contributed by atoms with Gasteiger partial charge in [-0.2, -0.15) is 0 Å². The number of halogens is 3. The molecule has 0 unspecified atom stereocenters. The summed E-state index contributed by atoms with van der Waals surface area (Å²) in [5, 5.41) is 2.39. The molecule has 1 heterocycles. The fourth-order valence-corrected chi connectivity index (χ4v) is 2.46. The van der Waals surface area contributed by atoms with E-state index in [-0.39, 0.29) is 32.6 Å². The van der Waals surface area contributed by atoms with Crippen LogP contribution in [-0.2, 0) is 9.53 Å². The SMILES string of the molecule is C[C@H](NC(=O)COC(=O)c1nc(Cl)c(Cl)c(N)c1Cl)C1CC1. The molecule has 9 heteroatoms. The van der Waals surface area contributed by atoms with Crippen LogP contribution in [0.4, 0.5) is 5.69 Å². The number of nitrogens with two attached hydrogens (primary N) is 1. The number of pyridine rings is 1. The number of nitrogens with one attached hydrogen (secondary N) is 1. The predicted molar refractivity (Wildman–Crippen MR) is 84.3 cm³/mol. The lowest BCUT2D eigenvalue weighted by atomic mass is 10.2. The molecule has 0 radical (unpaired) electrons. The second kappa shape index (κ2) is 6.89. The molecule has 1 saturated carbocycles. The Morgan fingerprint density at radius 2 is 2.00 bits per heavy atom. The smallest absolute Gasteiger partial charge is 0.359 e. The normalized spacial score (nSPS) is 15.3. The highest BCUT2D eigenvalue weighted by Crippen LogP contribution is 2.34. The number of nitrogens with zero attached hydrogens (tertiary/aromatic N) is 1. The summed E-state index contributed by atoms with van der Waals surface area (Å²) < 4.78 is 4.87. The second-order valence-electron chi connectivity index (χ2n) is 5.06. The van der Waals surface area contributed by atoms with Crippen LogP contribution in [-0.4, -0.2) is 29.5 Å². The topological polar surface area (TPSA) is 94.3 Å². The van der Waals surface area contributed by atoms with Crippen molar-refractivity contribution in [2.24, 2.45) is 5.92 Å². The monoisotopic (exact) mass is 365 g/mol. The van der Waals surface area contributed by atoms with Crippen LogP contribution in [0.25, 0.3) is 0 Å². The van der Waals surface area contributed by atoms with Gasteiger partial charge in [-0.25, -0.2) is 9.78 Å². The van der Waals surface area contributed by atoms with Crippen LogP contribution < -0.4 is 11.1 Å². The van der Waals surface area contributed by atoms with Gasteiger partial charge in [0, 0.05) is 6.04 Å². The van der Waals surface area contributed by atoms with Crippen LogP contribution in [0.5, 0.6) is 0 Å².